The van der Waals surface area contributed by atoms with Gasteiger partial charge in [-0.05, 0) is 29.3 Å². The molecule has 0 aliphatic rings. The standard InChI is InChI=1S/C11H7ClN2O5/c1-19-9-4-6(2-7(5-13)11(12)16)3-8(10(9)15)14(17)18/h2-4,15H,1H3. The summed E-state index contributed by atoms with van der Waals surface area (Å²) in [4.78, 5) is 20.8. The Morgan fingerprint density at radius 2 is 2.26 bits per heavy atom. The van der Waals surface area contributed by atoms with Gasteiger partial charge in [-0.25, -0.2) is 0 Å². The summed E-state index contributed by atoms with van der Waals surface area (Å²) in [7, 11) is 1.21. The Labute approximate surface area is 112 Å². The lowest BCUT2D eigenvalue weighted by atomic mass is 10.1. The van der Waals surface area contributed by atoms with E-state index in [1.165, 1.54) is 13.2 Å². The van der Waals surface area contributed by atoms with Crippen molar-refractivity contribution in [2.24, 2.45) is 0 Å². The highest BCUT2D eigenvalue weighted by Gasteiger charge is 2.19. The number of nitro groups is 1. The van der Waals surface area contributed by atoms with E-state index in [1.54, 1.807) is 6.07 Å². The van der Waals surface area contributed by atoms with Crippen molar-refractivity contribution in [1.82, 2.24) is 0 Å². The SMILES string of the molecule is COc1cc(C=C(C#N)C(=O)Cl)cc([N+](=O)[O-])c1O. The first-order valence-electron chi connectivity index (χ1n) is 4.77. The minimum atomic E-state index is -0.989. The summed E-state index contributed by atoms with van der Waals surface area (Å²) in [6, 6.07) is 3.79. The van der Waals surface area contributed by atoms with Gasteiger partial charge in [0.25, 0.3) is 5.24 Å². The lowest BCUT2D eigenvalue weighted by Gasteiger charge is -2.05. The van der Waals surface area contributed by atoms with Gasteiger partial charge >= 0.3 is 5.69 Å². The first-order chi connectivity index (χ1) is 8.90. The van der Waals surface area contributed by atoms with E-state index in [4.69, 9.17) is 21.6 Å². The maximum atomic E-state index is 10.9. The van der Waals surface area contributed by atoms with Crippen LogP contribution in [-0.4, -0.2) is 22.4 Å². The normalized spacial score (nSPS) is 10.7. The fourth-order valence-electron chi connectivity index (χ4n) is 1.29. The number of phenolic OH excluding ortho intramolecular Hbond substituents is 1. The molecular weight excluding hydrogens is 276 g/mol. The van der Waals surface area contributed by atoms with Gasteiger partial charge in [-0.1, -0.05) is 0 Å². The highest BCUT2D eigenvalue weighted by atomic mass is 35.5. The summed E-state index contributed by atoms with van der Waals surface area (Å²) in [6.45, 7) is 0. The molecule has 1 aromatic carbocycles. The van der Waals surface area contributed by atoms with Crippen molar-refractivity contribution in [2.45, 2.75) is 0 Å². The van der Waals surface area contributed by atoms with Gasteiger partial charge in [0.2, 0.25) is 5.75 Å². The second-order valence-corrected chi connectivity index (χ2v) is 3.63. The molecule has 98 valence electrons. The van der Waals surface area contributed by atoms with Crippen LogP contribution < -0.4 is 4.74 Å². The molecule has 1 aromatic rings. The predicted molar refractivity (Wildman–Crippen MR) is 65.8 cm³/mol. The molecule has 1 N–H and O–H groups in total. The Hall–Kier alpha value is -2.59. The number of hydrogen-bond donors (Lipinski definition) is 1. The van der Waals surface area contributed by atoms with Crippen molar-refractivity contribution in [3.8, 4) is 17.6 Å². The van der Waals surface area contributed by atoms with Gasteiger partial charge in [0.15, 0.2) is 5.75 Å². The van der Waals surface area contributed by atoms with Gasteiger partial charge in [0.05, 0.1) is 12.0 Å². The Morgan fingerprint density at radius 1 is 1.63 bits per heavy atom. The first-order valence-corrected chi connectivity index (χ1v) is 5.15. The molecule has 8 heteroatoms. The second kappa shape index (κ2) is 5.84. The Kier molecular flexibility index (Phi) is 4.45. The van der Waals surface area contributed by atoms with E-state index in [-0.39, 0.29) is 16.9 Å². The van der Waals surface area contributed by atoms with Crippen LogP contribution in [0.3, 0.4) is 0 Å². The average Bonchev–Trinajstić information content (AvgIpc) is 2.36. The number of carbonyl (C=O) groups excluding carboxylic acids is 1. The molecule has 0 aliphatic carbocycles. The van der Waals surface area contributed by atoms with Gasteiger partial charge in [-0.2, -0.15) is 5.26 Å². The number of rotatable bonds is 4. The first kappa shape index (κ1) is 14.5. The minimum absolute atomic E-state index is 0.131. The lowest BCUT2D eigenvalue weighted by Crippen LogP contribution is -1.94. The number of hydrogen-bond acceptors (Lipinski definition) is 6. The molecule has 0 saturated carbocycles. The van der Waals surface area contributed by atoms with Crippen LogP contribution in [0.5, 0.6) is 11.5 Å². The van der Waals surface area contributed by atoms with Crippen LogP contribution in [0.25, 0.3) is 6.08 Å². The van der Waals surface area contributed by atoms with Gasteiger partial charge in [-0.15, -0.1) is 0 Å². The molecule has 0 heterocycles. The van der Waals surface area contributed by atoms with E-state index < -0.39 is 21.6 Å². The number of nitriles is 1. The summed E-state index contributed by atoms with van der Waals surface area (Å²) in [5, 5.41) is 28.0. The van der Waals surface area contributed by atoms with Crippen LogP contribution in [0.4, 0.5) is 5.69 Å². The van der Waals surface area contributed by atoms with Crippen molar-refractivity contribution in [3.63, 3.8) is 0 Å². The highest BCUT2D eigenvalue weighted by molar-refractivity contribution is 6.68. The fourth-order valence-corrected chi connectivity index (χ4v) is 1.39. The largest absolute Gasteiger partial charge is 0.500 e. The van der Waals surface area contributed by atoms with Crippen LogP contribution in [0.1, 0.15) is 5.56 Å². The molecule has 19 heavy (non-hydrogen) atoms. The zero-order valence-electron chi connectivity index (χ0n) is 9.58. The Bertz CT molecular complexity index is 618. The number of phenols is 1. The number of aromatic hydroxyl groups is 1. The zero-order valence-corrected chi connectivity index (χ0v) is 10.3. The molecule has 0 fully saturated rings. The fraction of sp³-hybridized carbons (Fsp3) is 0.0909. The number of nitrogens with zero attached hydrogens (tertiary/aromatic N) is 2. The van der Waals surface area contributed by atoms with Crippen LogP contribution in [0, 0.1) is 21.4 Å². The number of benzene rings is 1. The molecule has 0 aromatic heterocycles. The zero-order chi connectivity index (χ0) is 14.6. The number of ether oxygens (including phenoxy) is 1. The molecular formula is C11H7ClN2O5. The Morgan fingerprint density at radius 3 is 2.68 bits per heavy atom. The molecule has 0 bridgehead atoms. The Balaban J connectivity index is 3.47. The number of methoxy groups -OCH3 is 1. The number of carbonyl (C=O) groups is 1. The van der Waals surface area contributed by atoms with Gasteiger partial charge < -0.3 is 9.84 Å². The summed E-state index contributed by atoms with van der Waals surface area (Å²) in [5.41, 5.74) is -0.861. The van der Waals surface area contributed by atoms with Gasteiger partial charge in [0.1, 0.15) is 11.6 Å². The molecule has 0 radical (unpaired) electrons. The van der Waals surface area contributed by atoms with Crippen molar-refractivity contribution in [2.75, 3.05) is 7.11 Å². The third-order valence-corrected chi connectivity index (χ3v) is 2.34. The van der Waals surface area contributed by atoms with Gasteiger partial charge in [0, 0.05) is 6.07 Å². The molecule has 0 saturated heterocycles. The molecule has 0 aliphatic heterocycles. The van der Waals surface area contributed by atoms with E-state index in [1.807, 2.05) is 0 Å². The molecule has 0 unspecified atom stereocenters. The van der Waals surface area contributed by atoms with Gasteiger partial charge in [-0.3, -0.25) is 14.9 Å². The minimum Gasteiger partial charge on any atom is -0.500 e. The van der Waals surface area contributed by atoms with Crippen molar-refractivity contribution < 1.29 is 19.6 Å². The van der Waals surface area contributed by atoms with E-state index in [0.29, 0.717) is 0 Å². The maximum Gasteiger partial charge on any atom is 0.315 e. The average molecular weight is 283 g/mol. The van der Waals surface area contributed by atoms with Crippen LogP contribution >= 0.6 is 11.6 Å². The second-order valence-electron chi connectivity index (χ2n) is 3.29. The molecule has 7 nitrogen and oxygen atoms in total. The van der Waals surface area contributed by atoms with E-state index in [0.717, 1.165) is 12.1 Å². The quantitative estimate of drug-likeness (QED) is 0.297. The van der Waals surface area contributed by atoms with Crippen molar-refractivity contribution >= 4 is 28.6 Å². The van der Waals surface area contributed by atoms with E-state index in [2.05, 4.69) is 0 Å². The smallest absolute Gasteiger partial charge is 0.315 e. The van der Waals surface area contributed by atoms with Crippen LogP contribution in [-0.2, 0) is 4.79 Å². The highest BCUT2D eigenvalue weighted by Crippen LogP contribution is 2.37. The third-order valence-electron chi connectivity index (χ3n) is 2.14. The summed E-state index contributed by atoms with van der Waals surface area (Å²) in [6.07, 6.45) is 1.06. The van der Waals surface area contributed by atoms with E-state index in [9.17, 15) is 20.0 Å². The number of halogens is 1. The van der Waals surface area contributed by atoms with Crippen LogP contribution in [0.2, 0.25) is 0 Å². The molecule has 0 amide bonds. The van der Waals surface area contributed by atoms with E-state index >= 15 is 0 Å². The lowest BCUT2D eigenvalue weighted by molar-refractivity contribution is -0.386. The molecule has 0 spiro atoms. The van der Waals surface area contributed by atoms with Crippen LogP contribution in [0.15, 0.2) is 17.7 Å². The summed E-state index contributed by atoms with van der Waals surface area (Å²) in [5.74, 6) is -0.792. The predicted octanol–water partition coefficient (Wildman–Crippen LogP) is 1.98. The number of nitro benzene ring substituents is 1. The topological polar surface area (TPSA) is 113 Å². The van der Waals surface area contributed by atoms with Crippen molar-refractivity contribution in [3.05, 3.63) is 33.4 Å². The maximum absolute atomic E-state index is 10.9. The molecule has 1 rings (SSSR count). The molecule has 0 atom stereocenters. The third kappa shape index (κ3) is 3.20. The summed E-state index contributed by atoms with van der Waals surface area (Å²) >= 11 is 5.16. The summed E-state index contributed by atoms with van der Waals surface area (Å²) < 4.78 is 4.77. The van der Waals surface area contributed by atoms with Crippen molar-refractivity contribution in [1.29, 1.82) is 5.26 Å². The monoisotopic (exact) mass is 282 g/mol. The number of allylic oxidation sites excluding steroid dienone is 1.